The molecule has 8 heteroatoms. The highest BCUT2D eigenvalue weighted by Gasteiger charge is 2.93. The van der Waals surface area contributed by atoms with E-state index in [0.717, 1.165) is 0 Å². The molecule has 23 heavy (non-hydrogen) atoms. The predicted molar refractivity (Wildman–Crippen MR) is 83.7 cm³/mol. The molecule has 118 valence electrons. The molecule has 0 spiro atoms. The summed E-state index contributed by atoms with van der Waals surface area (Å²) in [5, 5.41) is 20.3. The van der Waals surface area contributed by atoms with E-state index in [9.17, 15) is 10.5 Å². The lowest BCUT2D eigenvalue weighted by atomic mass is 9.93. The van der Waals surface area contributed by atoms with E-state index in [1.807, 2.05) is 0 Å². The monoisotopic (exact) mass is 350 g/mol. The maximum atomic E-state index is 9.90. The van der Waals surface area contributed by atoms with Gasteiger partial charge in [0.05, 0.1) is 22.2 Å². The molecule has 6 nitrogen and oxygen atoms in total. The Bertz CT molecular complexity index is 809. The topological polar surface area (TPSA) is 104 Å². The number of amidine groups is 1. The molecule has 1 fully saturated rings. The molecular weight excluding hydrogens is 339 g/mol. The molecule has 2 N–H and O–H groups in total. The predicted octanol–water partition coefficient (Wildman–Crippen LogP) is 2.43. The lowest BCUT2D eigenvalue weighted by molar-refractivity contribution is -0.230. The molecule has 0 aromatic heterocycles. The van der Waals surface area contributed by atoms with Crippen molar-refractivity contribution in [3.63, 3.8) is 0 Å². The van der Waals surface area contributed by atoms with Crippen LogP contribution in [0.4, 0.5) is 0 Å². The number of aliphatic imine (C=N–C) groups is 1. The molecule has 0 radical (unpaired) electrons. The minimum absolute atomic E-state index is 0.00806. The lowest BCUT2D eigenvalue weighted by Gasteiger charge is -2.29. The number of hydrogen-bond donors (Lipinski definition) is 1. The van der Waals surface area contributed by atoms with E-state index >= 15 is 0 Å². The SMILES string of the molecule is COC1(OC)N=C(N)[C@@]2(C#N)[C@@H](c3cccc(Cl)c3Cl)[C@@]12C#N. The third-order valence-electron chi connectivity index (χ3n) is 4.77. The fraction of sp³-hybridized carbons (Fsp3) is 0.400. The summed E-state index contributed by atoms with van der Waals surface area (Å²) < 4.78 is 10.8. The van der Waals surface area contributed by atoms with Gasteiger partial charge in [0.25, 0.3) is 5.91 Å². The van der Waals surface area contributed by atoms with Gasteiger partial charge in [-0.1, -0.05) is 35.3 Å². The Hall–Kier alpha value is -1.83. The number of fused-ring (bicyclic) bond motifs is 1. The summed E-state index contributed by atoms with van der Waals surface area (Å²) in [6.07, 6.45) is 0. The molecule has 1 aliphatic heterocycles. The van der Waals surface area contributed by atoms with Crippen molar-refractivity contribution in [2.75, 3.05) is 14.2 Å². The second-order valence-corrected chi connectivity index (χ2v) is 6.19. The van der Waals surface area contributed by atoms with Crippen LogP contribution in [0.1, 0.15) is 11.5 Å². The Morgan fingerprint density at radius 2 is 1.87 bits per heavy atom. The van der Waals surface area contributed by atoms with Gasteiger partial charge in [-0.25, -0.2) is 4.99 Å². The summed E-state index contributed by atoms with van der Waals surface area (Å²) in [6, 6.07) is 9.32. The number of nitriles is 2. The van der Waals surface area contributed by atoms with Gasteiger partial charge in [-0.3, -0.25) is 0 Å². The minimum atomic E-state index is -1.67. The highest BCUT2D eigenvalue weighted by molar-refractivity contribution is 6.42. The van der Waals surface area contributed by atoms with Crippen LogP contribution in [0.15, 0.2) is 23.2 Å². The Morgan fingerprint density at radius 3 is 2.39 bits per heavy atom. The third-order valence-corrected chi connectivity index (χ3v) is 5.61. The molecule has 1 heterocycles. The van der Waals surface area contributed by atoms with Gasteiger partial charge >= 0.3 is 0 Å². The lowest BCUT2D eigenvalue weighted by Crippen LogP contribution is -2.41. The normalized spacial score (nSPS) is 33.3. The van der Waals surface area contributed by atoms with Crippen molar-refractivity contribution < 1.29 is 9.47 Å². The minimum Gasteiger partial charge on any atom is -0.386 e. The van der Waals surface area contributed by atoms with Gasteiger partial charge < -0.3 is 15.2 Å². The van der Waals surface area contributed by atoms with Crippen LogP contribution in [-0.4, -0.2) is 26.0 Å². The fourth-order valence-corrected chi connectivity index (χ4v) is 4.15. The molecule has 1 aliphatic carbocycles. The Labute approximate surface area is 143 Å². The average molecular weight is 351 g/mol. The molecule has 0 amide bonds. The molecule has 3 atom stereocenters. The number of methoxy groups -OCH3 is 2. The van der Waals surface area contributed by atoms with Crippen molar-refractivity contribution >= 4 is 29.0 Å². The van der Waals surface area contributed by atoms with E-state index in [2.05, 4.69) is 17.1 Å². The molecule has 1 aromatic carbocycles. The van der Waals surface area contributed by atoms with E-state index < -0.39 is 22.7 Å². The van der Waals surface area contributed by atoms with Gasteiger partial charge in [-0.05, 0) is 11.6 Å². The first-order chi connectivity index (χ1) is 10.9. The number of hydrogen-bond acceptors (Lipinski definition) is 6. The average Bonchev–Trinajstić information content (AvgIpc) is 3.12. The second kappa shape index (κ2) is 4.83. The molecule has 3 rings (SSSR count). The number of nitrogens with two attached hydrogens (primary N) is 1. The summed E-state index contributed by atoms with van der Waals surface area (Å²) in [7, 11) is 2.70. The number of nitrogens with zero attached hydrogens (tertiary/aromatic N) is 3. The van der Waals surface area contributed by atoms with Crippen molar-refractivity contribution in [3.8, 4) is 12.1 Å². The summed E-state index contributed by atoms with van der Waals surface area (Å²) >= 11 is 12.4. The first-order valence-electron chi connectivity index (χ1n) is 6.65. The van der Waals surface area contributed by atoms with Crippen LogP contribution < -0.4 is 5.73 Å². The molecular formula is C15H12Cl2N4O2. The van der Waals surface area contributed by atoms with Crippen LogP contribution in [0.2, 0.25) is 10.0 Å². The standard InChI is InChI=1S/C15H12Cl2N4O2/c1-22-15(23-2)14(7-19)11(13(14,6-18)12(20)21-15)8-4-3-5-9(16)10(8)17/h3-5,11H,1-2H3,(H2,20,21)/t11-,13-,14-/m1/s1. The highest BCUT2D eigenvalue weighted by atomic mass is 35.5. The summed E-state index contributed by atoms with van der Waals surface area (Å²) in [4.78, 5) is 4.13. The molecule has 0 unspecified atom stereocenters. The van der Waals surface area contributed by atoms with Crippen LogP contribution >= 0.6 is 23.2 Å². The zero-order valence-electron chi connectivity index (χ0n) is 12.3. The Balaban J connectivity index is 2.30. The van der Waals surface area contributed by atoms with Crippen molar-refractivity contribution in [2.24, 2.45) is 21.6 Å². The van der Waals surface area contributed by atoms with E-state index in [1.54, 1.807) is 18.2 Å². The molecule has 0 bridgehead atoms. The Morgan fingerprint density at radius 1 is 1.22 bits per heavy atom. The van der Waals surface area contributed by atoms with Gasteiger partial charge in [-0.15, -0.1) is 0 Å². The third kappa shape index (κ3) is 1.48. The van der Waals surface area contributed by atoms with Crippen molar-refractivity contribution in [1.82, 2.24) is 0 Å². The van der Waals surface area contributed by atoms with Crippen molar-refractivity contribution in [1.29, 1.82) is 10.5 Å². The van der Waals surface area contributed by atoms with Gasteiger partial charge in [0.2, 0.25) is 0 Å². The first-order valence-corrected chi connectivity index (χ1v) is 7.40. The number of ether oxygens (including phenoxy) is 2. The first kappa shape index (κ1) is 16.0. The summed E-state index contributed by atoms with van der Waals surface area (Å²) in [5.41, 5.74) is 3.74. The van der Waals surface area contributed by atoms with Crippen LogP contribution in [0.3, 0.4) is 0 Å². The van der Waals surface area contributed by atoms with Gasteiger partial charge in [0, 0.05) is 20.1 Å². The maximum absolute atomic E-state index is 9.90. The quantitative estimate of drug-likeness (QED) is 0.842. The van der Waals surface area contributed by atoms with Crippen LogP contribution in [0, 0.1) is 33.5 Å². The van der Waals surface area contributed by atoms with Crippen LogP contribution in [0.25, 0.3) is 0 Å². The highest BCUT2D eigenvalue weighted by Crippen LogP contribution is 2.82. The fourth-order valence-electron chi connectivity index (χ4n) is 3.73. The summed E-state index contributed by atoms with van der Waals surface area (Å²) in [5.74, 6) is -2.34. The van der Waals surface area contributed by atoms with Crippen LogP contribution in [-0.2, 0) is 9.47 Å². The van der Waals surface area contributed by atoms with E-state index in [-0.39, 0.29) is 10.9 Å². The Kier molecular flexibility index (Phi) is 3.37. The second-order valence-electron chi connectivity index (χ2n) is 5.40. The molecule has 1 saturated carbocycles. The molecule has 1 aromatic rings. The molecule has 2 aliphatic rings. The maximum Gasteiger partial charge on any atom is 0.292 e. The van der Waals surface area contributed by atoms with E-state index in [0.29, 0.717) is 10.6 Å². The van der Waals surface area contributed by atoms with Gasteiger partial charge in [0.1, 0.15) is 11.3 Å². The largest absolute Gasteiger partial charge is 0.386 e. The van der Waals surface area contributed by atoms with Gasteiger partial charge in [-0.2, -0.15) is 10.5 Å². The zero-order valence-corrected chi connectivity index (χ0v) is 13.8. The number of rotatable bonds is 3. The molecule has 0 saturated heterocycles. The van der Waals surface area contributed by atoms with Crippen LogP contribution in [0.5, 0.6) is 0 Å². The number of halogens is 2. The smallest absolute Gasteiger partial charge is 0.292 e. The van der Waals surface area contributed by atoms with Crippen molar-refractivity contribution in [2.45, 2.75) is 11.8 Å². The van der Waals surface area contributed by atoms with Gasteiger partial charge in [0.15, 0.2) is 5.41 Å². The summed E-state index contributed by atoms with van der Waals surface area (Å²) in [6.45, 7) is 0. The number of benzene rings is 1. The van der Waals surface area contributed by atoms with E-state index in [4.69, 9.17) is 38.4 Å². The zero-order chi connectivity index (χ0) is 17.0. The van der Waals surface area contributed by atoms with Crippen molar-refractivity contribution in [3.05, 3.63) is 33.8 Å². The van der Waals surface area contributed by atoms with E-state index in [1.165, 1.54) is 14.2 Å².